The van der Waals surface area contributed by atoms with Crippen molar-refractivity contribution in [2.24, 2.45) is 11.1 Å². The van der Waals surface area contributed by atoms with Crippen LogP contribution in [0.25, 0.3) is 0 Å². The monoisotopic (exact) mass is 317 g/mol. The number of nitrogens with two attached hydrogens (primary N) is 1. The minimum atomic E-state index is -0.343. The van der Waals surface area contributed by atoms with Crippen LogP contribution >= 0.6 is 0 Å². The first-order valence-corrected chi connectivity index (χ1v) is 9.12. The molecule has 4 rings (SSSR count). The zero-order valence-corrected chi connectivity index (χ0v) is 13.8. The summed E-state index contributed by atoms with van der Waals surface area (Å²) in [6.07, 6.45) is 10.1. The summed E-state index contributed by atoms with van der Waals surface area (Å²) < 4.78 is 2.18. The Morgan fingerprint density at radius 1 is 1.26 bits per heavy atom. The summed E-state index contributed by atoms with van der Waals surface area (Å²) in [5.74, 6) is 1.94. The second kappa shape index (κ2) is 5.89. The number of aromatic nitrogens is 3. The van der Waals surface area contributed by atoms with Gasteiger partial charge in [0.2, 0.25) is 5.91 Å². The first-order valence-electron chi connectivity index (χ1n) is 9.12. The van der Waals surface area contributed by atoms with E-state index >= 15 is 0 Å². The van der Waals surface area contributed by atoms with E-state index in [9.17, 15) is 4.79 Å². The average molecular weight is 317 g/mol. The molecule has 2 aliphatic carbocycles. The minimum absolute atomic E-state index is 0.161. The number of amides is 1. The van der Waals surface area contributed by atoms with Crippen molar-refractivity contribution in [1.82, 2.24) is 20.1 Å². The molecule has 3 fully saturated rings. The van der Waals surface area contributed by atoms with E-state index in [-0.39, 0.29) is 12.3 Å². The lowest BCUT2D eigenvalue weighted by molar-refractivity contribution is -0.117. The van der Waals surface area contributed by atoms with E-state index in [4.69, 9.17) is 15.8 Å². The molecule has 1 aliphatic heterocycles. The first kappa shape index (κ1) is 15.1. The SMILES string of the molecule is NC(=O)Cc1nc([C@@H]2CC23CCNCC3)n(C2CCCCC2)n1. The van der Waals surface area contributed by atoms with Gasteiger partial charge < -0.3 is 11.1 Å². The van der Waals surface area contributed by atoms with Gasteiger partial charge in [-0.25, -0.2) is 9.67 Å². The molecule has 0 bridgehead atoms. The third-order valence-corrected chi connectivity index (χ3v) is 6.06. The Labute approximate surface area is 137 Å². The Kier molecular flexibility index (Phi) is 3.87. The topological polar surface area (TPSA) is 85.8 Å². The molecule has 1 amide bonds. The number of hydrogen-bond donors (Lipinski definition) is 2. The van der Waals surface area contributed by atoms with Crippen molar-refractivity contribution in [1.29, 1.82) is 0 Å². The van der Waals surface area contributed by atoms with Gasteiger partial charge in [0, 0.05) is 5.92 Å². The molecule has 6 nitrogen and oxygen atoms in total. The standard InChI is InChI=1S/C17H27N5O/c18-14(23)10-15-20-16(13-11-17(13)6-8-19-9-7-17)22(21-15)12-4-2-1-3-5-12/h12-13,19H,1-11H2,(H2,18,23)/t13-/m0/s1. The third kappa shape index (κ3) is 2.89. The van der Waals surface area contributed by atoms with Gasteiger partial charge in [-0.3, -0.25) is 4.79 Å². The van der Waals surface area contributed by atoms with E-state index in [1.807, 2.05) is 0 Å². The van der Waals surface area contributed by atoms with Crippen LogP contribution in [0.1, 0.15) is 75.0 Å². The van der Waals surface area contributed by atoms with Crippen LogP contribution in [0.2, 0.25) is 0 Å². The fourth-order valence-electron chi connectivity index (χ4n) is 4.63. The van der Waals surface area contributed by atoms with E-state index < -0.39 is 0 Å². The molecule has 0 radical (unpaired) electrons. The van der Waals surface area contributed by atoms with Crippen LogP contribution < -0.4 is 11.1 Å². The Bertz CT molecular complexity index is 584. The van der Waals surface area contributed by atoms with E-state index in [0.29, 0.717) is 23.2 Å². The van der Waals surface area contributed by atoms with Crippen LogP contribution in [0.3, 0.4) is 0 Å². The van der Waals surface area contributed by atoms with Gasteiger partial charge >= 0.3 is 0 Å². The van der Waals surface area contributed by atoms with E-state index in [0.717, 1.165) is 18.9 Å². The minimum Gasteiger partial charge on any atom is -0.369 e. The van der Waals surface area contributed by atoms with Crippen molar-refractivity contribution in [3.05, 3.63) is 11.6 Å². The maximum absolute atomic E-state index is 11.3. The number of nitrogens with zero attached hydrogens (tertiary/aromatic N) is 3. The van der Waals surface area contributed by atoms with E-state index in [1.54, 1.807) is 0 Å². The summed E-state index contributed by atoms with van der Waals surface area (Å²) in [4.78, 5) is 16.0. The molecule has 23 heavy (non-hydrogen) atoms. The molecular weight excluding hydrogens is 290 g/mol. The van der Waals surface area contributed by atoms with E-state index in [2.05, 4.69) is 10.00 Å². The quantitative estimate of drug-likeness (QED) is 0.884. The highest BCUT2D eigenvalue weighted by atomic mass is 16.1. The van der Waals surface area contributed by atoms with Gasteiger partial charge in [-0.2, -0.15) is 5.10 Å². The first-order chi connectivity index (χ1) is 11.2. The number of rotatable bonds is 4. The van der Waals surface area contributed by atoms with Gasteiger partial charge in [0.05, 0.1) is 12.5 Å². The highest BCUT2D eigenvalue weighted by Crippen LogP contribution is 2.64. The van der Waals surface area contributed by atoms with Crippen molar-refractivity contribution in [3.8, 4) is 0 Å². The molecule has 2 heterocycles. The summed E-state index contributed by atoms with van der Waals surface area (Å²) in [5, 5.41) is 8.16. The van der Waals surface area contributed by atoms with Crippen LogP contribution in [0.15, 0.2) is 0 Å². The second-order valence-corrected chi connectivity index (χ2v) is 7.63. The maximum Gasteiger partial charge on any atom is 0.225 e. The molecule has 3 N–H and O–H groups in total. The smallest absolute Gasteiger partial charge is 0.225 e. The molecule has 1 saturated heterocycles. The molecular formula is C17H27N5O. The molecule has 0 aromatic carbocycles. The molecule has 126 valence electrons. The van der Waals surface area contributed by atoms with Crippen molar-refractivity contribution in [2.75, 3.05) is 13.1 Å². The van der Waals surface area contributed by atoms with Gasteiger partial charge in [0.15, 0.2) is 5.82 Å². The number of carbonyl (C=O) groups is 1. The normalized spacial score (nSPS) is 27.2. The summed E-state index contributed by atoms with van der Waals surface area (Å²) >= 11 is 0. The Balaban J connectivity index is 1.61. The highest BCUT2D eigenvalue weighted by Gasteiger charge is 2.57. The number of hydrogen-bond acceptors (Lipinski definition) is 4. The molecule has 0 unspecified atom stereocenters. The summed E-state index contributed by atoms with van der Waals surface area (Å²) in [6.45, 7) is 2.23. The summed E-state index contributed by atoms with van der Waals surface area (Å²) in [6, 6.07) is 0.465. The molecule has 3 aliphatic rings. The average Bonchev–Trinajstić information content (AvgIpc) is 3.07. The second-order valence-electron chi connectivity index (χ2n) is 7.63. The fourth-order valence-corrected chi connectivity index (χ4v) is 4.63. The molecule has 1 atom stereocenters. The third-order valence-electron chi connectivity index (χ3n) is 6.06. The van der Waals surface area contributed by atoms with Gasteiger partial charge in [0.25, 0.3) is 0 Å². The molecule has 6 heteroatoms. The molecule has 1 aromatic heterocycles. The summed E-state index contributed by atoms with van der Waals surface area (Å²) in [5.41, 5.74) is 5.79. The lowest BCUT2D eigenvalue weighted by Crippen LogP contribution is -2.30. The highest BCUT2D eigenvalue weighted by molar-refractivity contribution is 5.75. The zero-order valence-electron chi connectivity index (χ0n) is 13.8. The van der Waals surface area contributed by atoms with Gasteiger partial charge in [-0.05, 0) is 50.6 Å². The van der Waals surface area contributed by atoms with Crippen molar-refractivity contribution in [2.45, 2.75) is 69.7 Å². The van der Waals surface area contributed by atoms with Gasteiger partial charge in [-0.15, -0.1) is 0 Å². The Morgan fingerprint density at radius 2 is 2.00 bits per heavy atom. The Morgan fingerprint density at radius 3 is 2.70 bits per heavy atom. The number of carbonyl (C=O) groups excluding carboxylic acids is 1. The number of piperidine rings is 1. The lowest BCUT2D eigenvalue weighted by Gasteiger charge is -2.26. The largest absolute Gasteiger partial charge is 0.369 e. The molecule has 2 saturated carbocycles. The van der Waals surface area contributed by atoms with Gasteiger partial charge in [-0.1, -0.05) is 19.3 Å². The number of nitrogens with one attached hydrogen (secondary N) is 1. The van der Waals surface area contributed by atoms with Crippen LogP contribution in [0, 0.1) is 5.41 Å². The predicted molar refractivity (Wildman–Crippen MR) is 86.9 cm³/mol. The van der Waals surface area contributed by atoms with Crippen molar-refractivity contribution in [3.63, 3.8) is 0 Å². The van der Waals surface area contributed by atoms with Crippen molar-refractivity contribution < 1.29 is 4.79 Å². The fraction of sp³-hybridized carbons (Fsp3) is 0.824. The summed E-state index contributed by atoms with van der Waals surface area (Å²) in [7, 11) is 0. The van der Waals surface area contributed by atoms with Crippen molar-refractivity contribution >= 4 is 5.91 Å². The van der Waals surface area contributed by atoms with Crippen LogP contribution in [-0.4, -0.2) is 33.8 Å². The van der Waals surface area contributed by atoms with Crippen LogP contribution in [0.4, 0.5) is 0 Å². The number of primary amides is 1. The Hall–Kier alpha value is -1.43. The lowest BCUT2D eigenvalue weighted by atomic mass is 9.91. The zero-order chi connectivity index (χ0) is 15.9. The molecule has 1 spiro atoms. The van der Waals surface area contributed by atoms with Gasteiger partial charge in [0.1, 0.15) is 5.82 Å². The maximum atomic E-state index is 11.3. The van der Waals surface area contributed by atoms with Crippen LogP contribution in [-0.2, 0) is 11.2 Å². The predicted octanol–water partition coefficient (Wildman–Crippen LogP) is 1.67. The van der Waals surface area contributed by atoms with E-state index in [1.165, 1.54) is 51.4 Å². The molecule has 1 aromatic rings. The van der Waals surface area contributed by atoms with Crippen LogP contribution in [0.5, 0.6) is 0 Å².